The molecule has 2 heteroatoms. The summed E-state index contributed by atoms with van der Waals surface area (Å²) in [6, 6.07) is 8.98. The Hall–Kier alpha value is -0.380. The van der Waals surface area contributed by atoms with Crippen molar-refractivity contribution in [2.24, 2.45) is 0 Å². The second-order valence-electron chi connectivity index (χ2n) is 1.82. The fourth-order valence-corrected chi connectivity index (χ4v) is 1.02. The minimum absolute atomic E-state index is 0.179. The maximum Gasteiger partial charge on any atom is 0.136 e. The maximum atomic E-state index is 12.7. The van der Waals surface area contributed by atoms with Crippen LogP contribution >= 0.6 is 22.6 Å². The van der Waals surface area contributed by atoms with Gasteiger partial charge in [0.2, 0.25) is 0 Å². The van der Waals surface area contributed by atoms with E-state index in [0.29, 0.717) is 5.56 Å². The molecule has 52 valence electrons. The van der Waals surface area contributed by atoms with Gasteiger partial charge in [0, 0.05) is 9.65 Å². The summed E-state index contributed by atoms with van der Waals surface area (Å²) in [5.74, 6) is -0.179. The van der Waals surface area contributed by atoms with Crippen molar-refractivity contribution in [3.05, 3.63) is 40.0 Å². The van der Waals surface area contributed by atoms with Gasteiger partial charge in [0.15, 0.2) is 0 Å². The standard InChI is InChI=1S/C8H6FI/c9-8(6-10)7-4-2-1-3-5-7/h1-6H/b8-6+. The van der Waals surface area contributed by atoms with Gasteiger partial charge in [0.05, 0.1) is 0 Å². The van der Waals surface area contributed by atoms with E-state index in [1.54, 1.807) is 12.1 Å². The maximum absolute atomic E-state index is 12.7. The number of benzene rings is 1. The number of hydrogen-bond donors (Lipinski definition) is 0. The fourth-order valence-electron chi connectivity index (χ4n) is 0.660. The monoisotopic (exact) mass is 248 g/mol. The molecular formula is C8H6FI. The van der Waals surface area contributed by atoms with E-state index in [0.717, 1.165) is 0 Å². The molecule has 1 aromatic rings. The van der Waals surface area contributed by atoms with Crippen molar-refractivity contribution in [3.8, 4) is 0 Å². The lowest BCUT2D eigenvalue weighted by molar-refractivity contribution is 0.763. The first-order valence-electron chi connectivity index (χ1n) is 2.86. The largest absolute Gasteiger partial charge is 0.206 e. The average molecular weight is 248 g/mol. The van der Waals surface area contributed by atoms with Crippen LogP contribution in [0.4, 0.5) is 4.39 Å². The van der Waals surface area contributed by atoms with Crippen molar-refractivity contribution in [1.82, 2.24) is 0 Å². The van der Waals surface area contributed by atoms with Gasteiger partial charge < -0.3 is 0 Å². The third-order valence-corrected chi connectivity index (χ3v) is 1.69. The van der Waals surface area contributed by atoms with Gasteiger partial charge in [-0.25, -0.2) is 4.39 Å². The highest BCUT2D eigenvalue weighted by atomic mass is 127. The van der Waals surface area contributed by atoms with Crippen LogP contribution in [0.5, 0.6) is 0 Å². The van der Waals surface area contributed by atoms with E-state index in [1.807, 2.05) is 40.8 Å². The van der Waals surface area contributed by atoms with E-state index >= 15 is 0 Å². The zero-order chi connectivity index (χ0) is 7.40. The molecule has 0 radical (unpaired) electrons. The number of rotatable bonds is 1. The fraction of sp³-hybridized carbons (Fsp3) is 0. The van der Waals surface area contributed by atoms with Gasteiger partial charge in [-0.05, 0) is 22.6 Å². The van der Waals surface area contributed by atoms with Crippen LogP contribution in [0.3, 0.4) is 0 Å². The SMILES string of the molecule is F/C(=C/I)c1ccccc1. The molecule has 1 rings (SSSR count). The van der Waals surface area contributed by atoms with Gasteiger partial charge in [-0.15, -0.1) is 0 Å². The van der Waals surface area contributed by atoms with Crippen LogP contribution in [-0.4, -0.2) is 0 Å². The summed E-state index contributed by atoms with van der Waals surface area (Å²) in [5.41, 5.74) is 0.636. The first-order chi connectivity index (χ1) is 4.84. The Bertz CT molecular complexity index is 228. The predicted octanol–water partition coefficient (Wildman–Crippen LogP) is 3.39. The molecule has 0 aliphatic carbocycles. The first-order valence-corrected chi connectivity index (χ1v) is 4.10. The predicted molar refractivity (Wildman–Crippen MR) is 49.5 cm³/mol. The lowest BCUT2D eigenvalue weighted by atomic mass is 10.2. The Morgan fingerprint density at radius 3 is 2.40 bits per heavy atom. The van der Waals surface area contributed by atoms with Crippen molar-refractivity contribution >= 4 is 28.4 Å². The quantitative estimate of drug-likeness (QED) is 0.668. The third kappa shape index (κ3) is 1.80. The topological polar surface area (TPSA) is 0 Å². The zero-order valence-corrected chi connectivity index (χ0v) is 7.38. The second kappa shape index (κ2) is 3.71. The highest BCUT2D eigenvalue weighted by Gasteiger charge is 1.94. The normalized spacial score (nSPS) is 11.6. The molecule has 0 heterocycles. The van der Waals surface area contributed by atoms with Gasteiger partial charge in [-0.3, -0.25) is 0 Å². The van der Waals surface area contributed by atoms with E-state index < -0.39 is 0 Å². The van der Waals surface area contributed by atoms with Gasteiger partial charge in [0.25, 0.3) is 0 Å². The van der Waals surface area contributed by atoms with E-state index in [1.165, 1.54) is 4.08 Å². The molecule has 0 unspecified atom stereocenters. The van der Waals surface area contributed by atoms with Crippen LogP contribution in [0, 0.1) is 0 Å². The molecule has 0 saturated heterocycles. The zero-order valence-electron chi connectivity index (χ0n) is 5.22. The minimum Gasteiger partial charge on any atom is -0.206 e. The van der Waals surface area contributed by atoms with Crippen LogP contribution < -0.4 is 0 Å². The van der Waals surface area contributed by atoms with E-state index in [9.17, 15) is 4.39 Å². The van der Waals surface area contributed by atoms with Gasteiger partial charge in [-0.1, -0.05) is 30.3 Å². The second-order valence-corrected chi connectivity index (χ2v) is 2.45. The Labute approximate surface area is 72.9 Å². The van der Waals surface area contributed by atoms with Crippen molar-refractivity contribution in [1.29, 1.82) is 0 Å². The molecule has 1 aromatic carbocycles. The van der Waals surface area contributed by atoms with Crippen molar-refractivity contribution in [3.63, 3.8) is 0 Å². The summed E-state index contributed by atoms with van der Waals surface area (Å²) in [5, 5.41) is 0. The minimum atomic E-state index is -0.179. The molecule has 0 aliphatic rings. The van der Waals surface area contributed by atoms with Crippen LogP contribution in [0.25, 0.3) is 5.83 Å². The average Bonchev–Trinajstić information content (AvgIpc) is 2.05. The van der Waals surface area contributed by atoms with Gasteiger partial charge in [-0.2, -0.15) is 0 Å². The Morgan fingerprint density at radius 1 is 1.30 bits per heavy atom. The summed E-state index contributed by atoms with van der Waals surface area (Å²) in [6.07, 6.45) is 0. The van der Waals surface area contributed by atoms with Crippen LogP contribution in [0.2, 0.25) is 0 Å². The molecule has 0 amide bonds. The van der Waals surface area contributed by atoms with Crippen LogP contribution in [0.15, 0.2) is 34.4 Å². The molecule has 0 bridgehead atoms. The van der Waals surface area contributed by atoms with Gasteiger partial charge >= 0.3 is 0 Å². The van der Waals surface area contributed by atoms with Crippen molar-refractivity contribution in [2.75, 3.05) is 0 Å². The summed E-state index contributed by atoms with van der Waals surface area (Å²) in [7, 11) is 0. The van der Waals surface area contributed by atoms with E-state index in [2.05, 4.69) is 0 Å². The molecular weight excluding hydrogens is 242 g/mol. The Balaban J connectivity index is 2.96. The van der Waals surface area contributed by atoms with Crippen LogP contribution in [0.1, 0.15) is 5.56 Å². The molecule has 0 fully saturated rings. The third-order valence-electron chi connectivity index (χ3n) is 1.15. The van der Waals surface area contributed by atoms with E-state index in [4.69, 9.17) is 0 Å². The molecule has 0 aliphatic heterocycles. The molecule has 0 nitrogen and oxygen atoms in total. The summed E-state index contributed by atoms with van der Waals surface area (Å²) < 4.78 is 14.1. The Morgan fingerprint density at radius 2 is 1.90 bits per heavy atom. The number of hydrogen-bond acceptors (Lipinski definition) is 0. The lowest BCUT2D eigenvalue weighted by Crippen LogP contribution is -1.72. The smallest absolute Gasteiger partial charge is 0.136 e. The Kier molecular flexibility index (Phi) is 2.86. The summed E-state index contributed by atoms with van der Waals surface area (Å²) in [4.78, 5) is 0. The molecule has 0 spiro atoms. The molecule has 0 N–H and O–H groups in total. The number of halogens is 2. The van der Waals surface area contributed by atoms with Crippen molar-refractivity contribution in [2.45, 2.75) is 0 Å². The lowest BCUT2D eigenvalue weighted by Gasteiger charge is -1.92. The molecule has 0 atom stereocenters. The highest BCUT2D eigenvalue weighted by Crippen LogP contribution is 2.16. The highest BCUT2D eigenvalue weighted by molar-refractivity contribution is 14.1. The first kappa shape index (κ1) is 7.72. The van der Waals surface area contributed by atoms with E-state index in [-0.39, 0.29) is 5.83 Å². The van der Waals surface area contributed by atoms with Gasteiger partial charge in [0.1, 0.15) is 5.83 Å². The van der Waals surface area contributed by atoms with Crippen LogP contribution in [-0.2, 0) is 0 Å². The molecule has 0 saturated carbocycles. The summed E-state index contributed by atoms with van der Waals surface area (Å²) in [6.45, 7) is 0. The molecule has 10 heavy (non-hydrogen) atoms. The summed E-state index contributed by atoms with van der Waals surface area (Å²) >= 11 is 1.88. The van der Waals surface area contributed by atoms with Crippen molar-refractivity contribution < 1.29 is 4.39 Å². The molecule has 0 aromatic heterocycles.